The third kappa shape index (κ3) is 6.32. The van der Waals surface area contributed by atoms with Crippen LogP contribution in [-0.2, 0) is 9.59 Å². The van der Waals surface area contributed by atoms with Gasteiger partial charge in [-0.2, -0.15) is 0 Å². The number of piperazine rings is 1. The van der Waals surface area contributed by atoms with Crippen molar-refractivity contribution in [1.29, 1.82) is 0 Å². The Morgan fingerprint density at radius 2 is 1.49 bits per heavy atom. The van der Waals surface area contributed by atoms with Crippen molar-refractivity contribution >= 4 is 34.8 Å². The van der Waals surface area contributed by atoms with Gasteiger partial charge in [0.15, 0.2) is 11.6 Å². The summed E-state index contributed by atoms with van der Waals surface area (Å²) in [4.78, 5) is 30.5. The number of carbonyl (C=O) groups excluding carboxylic acids is 2. The van der Waals surface area contributed by atoms with Crippen LogP contribution in [0.2, 0.25) is 10.0 Å². The Hall–Kier alpha value is -2.22. The number of carbonyl (C=O) groups is 2. The fourth-order valence-corrected chi connectivity index (χ4v) is 5.49. The predicted octanol–water partition coefficient (Wildman–Crippen LogP) is 3.76. The predicted molar refractivity (Wildman–Crippen MR) is 140 cm³/mol. The molecule has 0 radical (unpaired) electrons. The number of Topliss-reactive ketones (excluding diaryl/α,β-unsaturated/α-hetero) is 2. The highest BCUT2D eigenvalue weighted by molar-refractivity contribution is 6.39. The van der Waals surface area contributed by atoms with E-state index in [1.807, 2.05) is 24.3 Å². The summed E-state index contributed by atoms with van der Waals surface area (Å²) < 4.78 is 0. The zero-order chi connectivity index (χ0) is 24.8. The average molecular weight is 516 g/mol. The lowest BCUT2D eigenvalue weighted by atomic mass is 9.78. The van der Waals surface area contributed by atoms with E-state index in [1.165, 1.54) is 0 Å². The van der Waals surface area contributed by atoms with Gasteiger partial charge in [0.25, 0.3) is 0 Å². The Morgan fingerprint density at radius 1 is 0.886 bits per heavy atom. The first-order valence-electron chi connectivity index (χ1n) is 12.1. The normalized spacial score (nSPS) is 19.7. The molecule has 1 saturated carbocycles. The van der Waals surface area contributed by atoms with Crippen molar-refractivity contribution in [3.05, 3.63) is 69.8 Å². The molecule has 35 heavy (non-hydrogen) atoms. The fraction of sp³-hybridized carbons (Fsp3) is 0.407. The summed E-state index contributed by atoms with van der Waals surface area (Å²) in [5.74, 6) is -0.501. The zero-order valence-corrected chi connectivity index (χ0v) is 21.2. The Bertz CT molecular complexity index is 1060. The Balaban J connectivity index is 1.37. The molecule has 8 heteroatoms. The number of hydrogen-bond donors (Lipinski definition) is 2. The molecule has 186 valence electrons. The first kappa shape index (κ1) is 25.9. The zero-order valence-electron chi connectivity index (χ0n) is 19.7. The highest BCUT2D eigenvalue weighted by atomic mass is 35.5. The van der Waals surface area contributed by atoms with Crippen LogP contribution in [0.25, 0.3) is 11.1 Å². The van der Waals surface area contributed by atoms with Crippen molar-refractivity contribution in [1.82, 2.24) is 15.1 Å². The molecular formula is C27H31Cl2N3O3. The van der Waals surface area contributed by atoms with Crippen LogP contribution in [0.15, 0.2) is 54.2 Å². The van der Waals surface area contributed by atoms with Crippen molar-refractivity contribution < 1.29 is 14.7 Å². The van der Waals surface area contributed by atoms with Crippen LogP contribution in [0, 0.1) is 0 Å². The number of rotatable bonds is 8. The molecule has 0 unspecified atom stereocenters. The molecule has 6 nitrogen and oxygen atoms in total. The van der Waals surface area contributed by atoms with Crippen molar-refractivity contribution in [3.8, 4) is 11.1 Å². The topological polar surface area (TPSA) is 72.9 Å². The van der Waals surface area contributed by atoms with Gasteiger partial charge in [-0.25, -0.2) is 0 Å². The van der Waals surface area contributed by atoms with E-state index in [2.05, 4.69) is 15.1 Å². The molecule has 0 bridgehead atoms. The van der Waals surface area contributed by atoms with E-state index in [9.17, 15) is 9.59 Å². The van der Waals surface area contributed by atoms with Crippen LogP contribution in [0.1, 0.15) is 24.3 Å². The summed E-state index contributed by atoms with van der Waals surface area (Å²) in [5.41, 5.74) is 2.75. The number of β-amino-alcohol motifs (C(OH)–C–C–N with tert-alkyl or cyclic N) is 1. The molecule has 2 aromatic carbocycles. The SMILES string of the molecule is O=C1CC(c2ccccc2-c2c(Cl)cccc2Cl)CC(=O)C1=CNCCN1CCN(CCO)CC1. The number of aliphatic hydroxyl groups is 1. The standard InChI is InChI=1S/C27H31Cl2N3O3/c28-23-6-3-7-24(29)27(23)21-5-2-1-4-20(21)19-16-25(34)22(26(35)17-19)18-30-8-9-31-10-12-32(13-11-31)14-15-33/h1-7,18-19,30,33H,8-17H2. The van der Waals surface area contributed by atoms with E-state index in [-0.39, 0.29) is 42.5 Å². The van der Waals surface area contributed by atoms with Crippen LogP contribution in [-0.4, -0.2) is 78.9 Å². The quantitative estimate of drug-likeness (QED) is 0.316. The average Bonchev–Trinajstić information content (AvgIpc) is 2.84. The van der Waals surface area contributed by atoms with E-state index >= 15 is 0 Å². The molecule has 2 aliphatic rings. The minimum Gasteiger partial charge on any atom is -0.395 e. The van der Waals surface area contributed by atoms with E-state index in [4.69, 9.17) is 28.3 Å². The Morgan fingerprint density at radius 3 is 2.11 bits per heavy atom. The van der Waals surface area contributed by atoms with Gasteiger partial charge in [-0.1, -0.05) is 53.5 Å². The highest BCUT2D eigenvalue weighted by Gasteiger charge is 2.33. The minimum atomic E-state index is -0.217. The van der Waals surface area contributed by atoms with Gasteiger partial charge < -0.3 is 10.4 Å². The summed E-state index contributed by atoms with van der Waals surface area (Å²) in [6, 6.07) is 13.1. The third-order valence-electron chi connectivity index (χ3n) is 6.80. The summed E-state index contributed by atoms with van der Waals surface area (Å²) in [6.07, 6.45) is 2.13. The van der Waals surface area contributed by atoms with Crippen LogP contribution in [0.5, 0.6) is 0 Å². The molecule has 0 atom stereocenters. The summed E-state index contributed by atoms with van der Waals surface area (Å²) >= 11 is 12.9. The van der Waals surface area contributed by atoms with Crippen LogP contribution in [0.3, 0.4) is 0 Å². The van der Waals surface area contributed by atoms with Gasteiger partial charge in [0, 0.05) is 80.5 Å². The molecular weight excluding hydrogens is 485 g/mol. The number of nitrogens with one attached hydrogen (secondary N) is 1. The third-order valence-corrected chi connectivity index (χ3v) is 7.43. The smallest absolute Gasteiger partial charge is 0.168 e. The van der Waals surface area contributed by atoms with Crippen molar-refractivity contribution in [2.75, 3.05) is 52.4 Å². The molecule has 0 amide bonds. The Labute approximate surface area is 216 Å². The van der Waals surface area contributed by atoms with Gasteiger partial charge in [-0.3, -0.25) is 19.4 Å². The maximum absolute atomic E-state index is 12.9. The minimum absolute atomic E-state index is 0.142. The van der Waals surface area contributed by atoms with Gasteiger partial charge in [0.2, 0.25) is 0 Å². The molecule has 1 heterocycles. The second-order valence-electron chi connectivity index (χ2n) is 9.05. The molecule has 1 aliphatic heterocycles. The first-order chi connectivity index (χ1) is 17.0. The van der Waals surface area contributed by atoms with Crippen LogP contribution < -0.4 is 5.32 Å². The summed E-state index contributed by atoms with van der Waals surface area (Å²) in [7, 11) is 0. The number of halogens is 2. The lowest BCUT2D eigenvalue weighted by molar-refractivity contribution is -0.124. The molecule has 1 aliphatic carbocycles. The number of nitrogens with zero attached hydrogens (tertiary/aromatic N) is 2. The largest absolute Gasteiger partial charge is 0.395 e. The number of hydrogen-bond acceptors (Lipinski definition) is 6. The molecule has 0 spiro atoms. The van der Waals surface area contributed by atoms with E-state index in [1.54, 1.807) is 24.4 Å². The van der Waals surface area contributed by atoms with Gasteiger partial charge in [-0.15, -0.1) is 0 Å². The fourth-order valence-electron chi connectivity index (χ4n) is 4.89. The van der Waals surface area contributed by atoms with Gasteiger partial charge in [0.05, 0.1) is 12.2 Å². The summed E-state index contributed by atoms with van der Waals surface area (Å²) in [5, 5.41) is 13.3. The monoisotopic (exact) mass is 515 g/mol. The molecule has 2 aromatic rings. The van der Waals surface area contributed by atoms with E-state index < -0.39 is 0 Å². The van der Waals surface area contributed by atoms with Crippen molar-refractivity contribution in [2.45, 2.75) is 18.8 Å². The summed E-state index contributed by atoms with van der Waals surface area (Å²) in [6.45, 7) is 6.22. The molecule has 0 aromatic heterocycles. The second-order valence-corrected chi connectivity index (χ2v) is 9.87. The maximum atomic E-state index is 12.9. The van der Waals surface area contributed by atoms with E-state index in [0.29, 0.717) is 16.6 Å². The van der Waals surface area contributed by atoms with Crippen LogP contribution in [0.4, 0.5) is 0 Å². The van der Waals surface area contributed by atoms with Crippen LogP contribution >= 0.6 is 23.2 Å². The number of ketones is 2. The lowest BCUT2D eigenvalue weighted by Crippen LogP contribution is -2.48. The maximum Gasteiger partial charge on any atom is 0.168 e. The van der Waals surface area contributed by atoms with Gasteiger partial charge in [0.1, 0.15) is 0 Å². The highest BCUT2D eigenvalue weighted by Crippen LogP contribution is 2.42. The van der Waals surface area contributed by atoms with Gasteiger partial charge >= 0.3 is 0 Å². The number of allylic oxidation sites excluding steroid dienone is 1. The molecule has 2 N–H and O–H groups in total. The number of benzene rings is 2. The molecule has 1 saturated heterocycles. The second kappa shape index (κ2) is 12.2. The number of aliphatic hydroxyl groups excluding tert-OH is 1. The van der Waals surface area contributed by atoms with Crippen molar-refractivity contribution in [2.24, 2.45) is 0 Å². The molecule has 4 rings (SSSR count). The van der Waals surface area contributed by atoms with Crippen molar-refractivity contribution in [3.63, 3.8) is 0 Å². The molecule has 2 fully saturated rings. The van der Waals surface area contributed by atoms with E-state index in [0.717, 1.165) is 56.0 Å². The Kier molecular flexibility index (Phi) is 8.98. The lowest BCUT2D eigenvalue weighted by Gasteiger charge is -2.34. The van der Waals surface area contributed by atoms with Gasteiger partial charge in [-0.05, 0) is 29.2 Å². The first-order valence-corrected chi connectivity index (χ1v) is 12.8.